The van der Waals surface area contributed by atoms with Gasteiger partial charge in [0.2, 0.25) is 15.9 Å². The van der Waals surface area contributed by atoms with E-state index in [9.17, 15) is 13.2 Å². The van der Waals surface area contributed by atoms with Crippen LogP contribution >= 0.6 is 11.6 Å². The lowest BCUT2D eigenvalue weighted by molar-refractivity contribution is -0.125. The van der Waals surface area contributed by atoms with Crippen molar-refractivity contribution in [3.63, 3.8) is 0 Å². The number of halogens is 1. The minimum absolute atomic E-state index is 0.121. The van der Waals surface area contributed by atoms with Gasteiger partial charge in [-0.2, -0.15) is 0 Å². The molecule has 1 aromatic rings. The molecule has 2 N–H and O–H groups in total. The summed E-state index contributed by atoms with van der Waals surface area (Å²) in [6.45, 7) is 4.35. The molecule has 1 rings (SSSR count). The van der Waals surface area contributed by atoms with Gasteiger partial charge < -0.3 is 5.32 Å². The van der Waals surface area contributed by atoms with E-state index in [1.54, 1.807) is 12.1 Å². The van der Waals surface area contributed by atoms with Gasteiger partial charge in [-0.05, 0) is 38.0 Å². The van der Waals surface area contributed by atoms with Crippen LogP contribution in [0.1, 0.15) is 25.8 Å². The van der Waals surface area contributed by atoms with E-state index in [2.05, 4.69) is 10.0 Å². The Kier molecular flexibility index (Phi) is 6.19. The zero-order valence-electron chi connectivity index (χ0n) is 12.4. The molecule has 0 aromatic heterocycles. The normalized spacial score (nSPS) is 12.2. The summed E-state index contributed by atoms with van der Waals surface area (Å²) in [7, 11) is -3.18. The van der Waals surface area contributed by atoms with E-state index < -0.39 is 15.4 Å². The summed E-state index contributed by atoms with van der Waals surface area (Å²) in [4.78, 5) is 12.2. The molecule has 0 radical (unpaired) electrons. The number of rotatable bonds is 7. The van der Waals surface area contributed by atoms with Crippen molar-refractivity contribution in [1.82, 2.24) is 10.0 Å². The summed E-state index contributed by atoms with van der Waals surface area (Å²) in [5.41, 5.74) is 0.136. The van der Waals surface area contributed by atoms with Crippen molar-refractivity contribution in [3.8, 4) is 0 Å². The molecule has 0 heterocycles. The highest BCUT2D eigenvalue weighted by molar-refractivity contribution is 7.88. The summed E-state index contributed by atoms with van der Waals surface area (Å²) >= 11 is 5.95. The highest BCUT2D eigenvalue weighted by atomic mass is 35.5. The Bertz CT molecular complexity index is 600. The van der Waals surface area contributed by atoms with E-state index >= 15 is 0 Å². The Morgan fingerprint density at radius 2 is 1.95 bits per heavy atom. The Morgan fingerprint density at radius 3 is 2.52 bits per heavy atom. The zero-order chi connectivity index (χ0) is 16.1. The average Bonchev–Trinajstić information content (AvgIpc) is 2.36. The first-order valence-corrected chi connectivity index (χ1v) is 8.89. The monoisotopic (exact) mass is 332 g/mol. The standard InChI is InChI=1S/C14H21ClN2O3S/c1-14(2,11-6-4-7-12(15)10-11)13(18)16-8-5-9-17-21(3,19)20/h4,6-7,10,17H,5,8-9H2,1-3H3,(H,16,18). The summed E-state index contributed by atoms with van der Waals surface area (Å²) in [5.74, 6) is -0.121. The molecule has 0 bridgehead atoms. The van der Waals surface area contributed by atoms with Gasteiger partial charge in [0.15, 0.2) is 0 Å². The van der Waals surface area contributed by atoms with Gasteiger partial charge in [0.1, 0.15) is 0 Å². The molecule has 0 spiro atoms. The second-order valence-electron chi connectivity index (χ2n) is 5.41. The quantitative estimate of drug-likeness (QED) is 0.746. The van der Waals surface area contributed by atoms with Gasteiger partial charge in [-0.25, -0.2) is 13.1 Å². The van der Waals surface area contributed by atoms with Crippen LogP contribution in [0, 0.1) is 0 Å². The number of amides is 1. The van der Waals surface area contributed by atoms with Crippen LogP contribution in [0.4, 0.5) is 0 Å². The molecule has 0 atom stereocenters. The molecule has 0 aliphatic rings. The molecule has 0 unspecified atom stereocenters. The SMILES string of the molecule is CC(C)(C(=O)NCCCNS(C)(=O)=O)c1cccc(Cl)c1. The maximum atomic E-state index is 12.2. The predicted octanol–water partition coefficient (Wildman–Crippen LogP) is 1.67. The van der Waals surface area contributed by atoms with E-state index in [4.69, 9.17) is 11.6 Å². The Morgan fingerprint density at radius 1 is 1.29 bits per heavy atom. The van der Waals surface area contributed by atoms with Crippen molar-refractivity contribution >= 4 is 27.5 Å². The van der Waals surface area contributed by atoms with E-state index in [0.29, 0.717) is 24.5 Å². The van der Waals surface area contributed by atoms with E-state index in [1.165, 1.54) is 0 Å². The average molecular weight is 333 g/mol. The van der Waals surface area contributed by atoms with Gasteiger partial charge in [-0.15, -0.1) is 0 Å². The van der Waals surface area contributed by atoms with Crippen molar-refractivity contribution in [2.45, 2.75) is 25.7 Å². The van der Waals surface area contributed by atoms with E-state index in [1.807, 2.05) is 26.0 Å². The zero-order valence-corrected chi connectivity index (χ0v) is 14.0. The molecule has 0 saturated carbocycles. The molecule has 0 aliphatic heterocycles. The summed E-state index contributed by atoms with van der Waals surface area (Å²) in [6, 6.07) is 7.20. The van der Waals surface area contributed by atoms with Crippen LogP contribution < -0.4 is 10.0 Å². The highest BCUT2D eigenvalue weighted by Gasteiger charge is 2.29. The Balaban J connectivity index is 2.51. The summed E-state index contributed by atoms with van der Waals surface area (Å²) < 4.78 is 24.2. The van der Waals surface area contributed by atoms with Crippen molar-refractivity contribution in [1.29, 1.82) is 0 Å². The highest BCUT2D eigenvalue weighted by Crippen LogP contribution is 2.25. The van der Waals surface area contributed by atoms with Crippen molar-refractivity contribution < 1.29 is 13.2 Å². The van der Waals surface area contributed by atoms with Gasteiger partial charge in [-0.3, -0.25) is 4.79 Å². The fourth-order valence-electron chi connectivity index (χ4n) is 1.78. The molecular weight excluding hydrogens is 312 g/mol. The number of hydrogen-bond acceptors (Lipinski definition) is 3. The molecule has 7 heteroatoms. The van der Waals surface area contributed by atoms with Crippen LogP contribution in [-0.4, -0.2) is 33.7 Å². The van der Waals surface area contributed by atoms with Gasteiger partial charge in [-0.1, -0.05) is 23.7 Å². The molecule has 21 heavy (non-hydrogen) atoms. The predicted molar refractivity (Wildman–Crippen MR) is 85.0 cm³/mol. The molecule has 1 aromatic carbocycles. The van der Waals surface area contributed by atoms with E-state index in [0.717, 1.165) is 11.8 Å². The number of hydrogen-bond donors (Lipinski definition) is 2. The van der Waals surface area contributed by atoms with Gasteiger partial charge in [0.25, 0.3) is 0 Å². The summed E-state index contributed by atoms with van der Waals surface area (Å²) in [6.07, 6.45) is 1.64. The largest absolute Gasteiger partial charge is 0.355 e. The molecule has 0 saturated heterocycles. The second-order valence-corrected chi connectivity index (χ2v) is 7.68. The van der Waals surface area contributed by atoms with Crippen LogP contribution in [0.2, 0.25) is 5.02 Å². The Labute approximate surface area is 131 Å². The number of nitrogens with one attached hydrogen (secondary N) is 2. The lowest BCUT2D eigenvalue weighted by Crippen LogP contribution is -2.41. The summed E-state index contributed by atoms with van der Waals surface area (Å²) in [5, 5.41) is 3.40. The third kappa shape index (κ3) is 6.03. The second kappa shape index (κ2) is 7.24. The fourth-order valence-corrected chi connectivity index (χ4v) is 2.48. The minimum atomic E-state index is -3.18. The number of benzene rings is 1. The van der Waals surface area contributed by atoms with Crippen molar-refractivity contribution in [2.75, 3.05) is 19.3 Å². The maximum Gasteiger partial charge on any atom is 0.230 e. The lowest BCUT2D eigenvalue weighted by Gasteiger charge is -2.24. The van der Waals surface area contributed by atoms with Gasteiger partial charge >= 0.3 is 0 Å². The van der Waals surface area contributed by atoms with Gasteiger partial charge in [0.05, 0.1) is 11.7 Å². The molecule has 1 amide bonds. The Hall–Kier alpha value is -1.11. The van der Waals surface area contributed by atoms with Crippen LogP contribution in [0.15, 0.2) is 24.3 Å². The van der Waals surface area contributed by atoms with Crippen LogP contribution in [0.5, 0.6) is 0 Å². The maximum absolute atomic E-state index is 12.2. The van der Waals surface area contributed by atoms with Crippen molar-refractivity contribution in [2.24, 2.45) is 0 Å². The third-order valence-corrected chi connectivity index (χ3v) is 4.08. The van der Waals surface area contributed by atoms with Crippen LogP contribution in [0.3, 0.4) is 0 Å². The number of carbonyl (C=O) groups is 1. The number of sulfonamides is 1. The molecular formula is C14H21ClN2O3S. The van der Waals surface area contributed by atoms with Crippen LogP contribution in [-0.2, 0) is 20.2 Å². The molecule has 5 nitrogen and oxygen atoms in total. The molecule has 118 valence electrons. The van der Waals surface area contributed by atoms with Gasteiger partial charge in [0, 0.05) is 18.1 Å². The van der Waals surface area contributed by atoms with Crippen molar-refractivity contribution in [3.05, 3.63) is 34.9 Å². The lowest BCUT2D eigenvalue weighted by atomic mass is 9.84. The molecule has 0 aliphatic carbocycles. The number of carbonyl (C=O) groups excluding carboxylic acids is 1. The molecule has 0 fully saturated rings. The first-order chi connectivity index (χ1) is 9.63. The van der Waals surface area contributed by atoms with E-state index in [-0.39, 0.29) is 5.91 Å². The smallest absolute Gasteiger partial charge is 0.230 e. The van der Waals surface area contributed by atoms with Crippen LogP contribution in [0.25, 0.3) is 0 Å². The first-order valence-electron chi connectivity index (χ1n) is 6.62. The fraction of sp³-hybridized carbons (Fsp3) is 0.500. The first kappa shape index (κ1) is 17.9. The topological polar surface area (TPSA) is 75.3 Å². The minimum Gasteiger partial charge on any atom is -0.355 e. The third-order valence-electron chi connectivity index (χ3n) is 3.12.